The van der Waals surface area contributed by atoms with Crippen LogP contribution in [0.25, 0.3) is 0 Å². The molecule has 1 amide bonds. The molecule has 1 rings (SSSR count). The van der Waals surface area contributed by atoms with Crippen LogP contribution >= 0.6 is 0 Å². The van der Waals surface area contributed by atoms with Gasteiger partial charge in [0.25, 0.3) is 0 Å². The highest BCUT2D eigenvalue weighted by Gasteiger charge is 2.02. The van der Waals surface area contributed by atoms with Gasteiger partial charge in [0.15, 0.2) is 0 Å². The Morgan fingerprint density at radius 3 is 1.93 bits per heavy atom. The fraction of sp³-hybridized carbons (Fsp3) is 0.625. The van der Waals surface area contributed by atoms with Gasteiger partial charge in [-0.3, -0.25) is 4.79 Å². The van der Waals surface area contributed by atoms with E-state index in [1.165, 1.54) is 70.6 Å². The second-order valence-electron chi connectivity index (χ2n) is 7.43. The van der Waals surface area contributed by atoms with Crippen molar-refractivity contribution in [3.63, 3.8) is 0 Å². The fourth-order valence-corrected chi connectivity index (χ4v) is 3.12. The predicted octanol–water partition coefficient (Wildman–Crippen LogP) is 7.37. The topological polar surface area (TPSA) is 49.3 Å². The number of hydrogen-bond donors (Lipinski definition) is 2. The van der Waals surface area contributed by atoms with Crippen LogP contribution in [0.5, 0.6) is 5.75 Å². The number of benzene rings is 1. The summed E-state index contributed by atoms with van der Waals surface area (Å²) in [4.78, 5) is 11.8. The van der Waals surface area contributed by atoms with Crippen molar-refractivity contribution in [1.82, 2.24) is 0 Å². The zero-order valence-electron chi connectivity index (χ0n) is 17.2. The van der Waals surface area contributed by atoms with E-state index in [0.717, 1.165) is 18.5 Å². The Morgan fingerprint density at radius 1 is 0.815 bits per heavy atom. The first-order chi connectivity index (χ1) is 13.2. The van der Waals surface area contributed by atoms with Crippen molar-refractivity contribution in [1.29, 1.82) is 0 Å². The smallest absolute Gasteiger partial charge is 0.224 e. The Hall–Kier alpha value is -1.77. The molecule has 0 bridgehead atoms. The largest absolute Gasteiger partial charge is 0.508 e. The highest BCUT2D eigenvalue weighted by atomic mass is 16.3. The molecule has 2 N–H and O–H groups in total. The summed E-state index contributed by atoms with van der Waals surface area (Å²) in [5.41, 5.74) is 0.741. The van der Waals surface area contributed by atoms with Crippen LogP contribution in [0, 0.1) is 0 Å². The lowest BCUT2D eigenvalue weighted by atomic mass is 10.1. The van der Waals surface area contributed by atoms with Gasteiger partial charge in [0, 0.05) is 12.1 Å². The SMILES string of the molecule is CCCCCCCC/C=C/CCCCCCCC(=O)Nc1ccc(O)cc1. The molecule has 0 atom stereocenters. The summed E-state index contributed by atoms with van der Waals surface area (Å²) in [6.45, 7) is 2.26. The standard InChI is InChI=1S/C24H39NO2/c1-2-3-4-5-6-7-8-9-10-11-12-13-14-15-16-17-24(27)25-22-18-20-23(26)21-19-22/h9-10,18-21,26H,2-8,11-17H2,1H3,(H,25,27)/b10-9+. The van der Waals surface area contributed by atoms with Crippen LogP contribution in [-0.2, 0) is 4.79 Å². The molecule has 0 heterocycles. The molecule has 3 heteroatoms. The van der Waals surface area contributed by atoms with Gasteiger partial charge in [-0.05, 0) is 56.4 Å². The van der Waals surface area contributed by atoms with E-state index < -0.39 is 0 Å². The number of amides is 1. The third-order valence-electron chi connectivity index (χ3n) is 4.82. The number of allylic oxidation sites excluding steroid dienone is 2. The van der Waals surface area contributed by atoms with Crippen LogP contribution in [-0.4, -0.2) is 11.0 Å². The normalized spacial score (nSPS) is 11.1. The fourth-order valence-electron chi connectivity index (χ4n) is 3.12. The van der Waals surface area contributed by atoms with E-state index in [0.29, 0.717) is 6.42 Å². The van der Waals surface area contributed by atoms with Crippen LogP contribution in [0.1, 0.15) is 96.8 Å². The molecule has 0 aliphatic heterocycles. The predicted molar refractivity (Wildman–Crippen MR) is 116 cm³/mol. The van der Waals surface area contributed by atoms with E-state index in [2.05, 4.69) is 24.4 Å². The molecule has 1 aromatic carbocycles. The van der Waals surface area contributed by atoms with Crippen LogP contribution in [0.4, 0.5) is 5.69 Å². The van der Waals surface area contributed by atoms with Gasteiger partial charge in [-0.1, -0.05) is 70.4 Å². The Kier molecular flexibility index (Phi) is 14.1. The highest BCUT2D eigenvalue weighted by Crippen LogP contribution is 2.15. The molecule has 3 nitrogen and oxygen atoms in total. The maximum Gasteiger partial charge on any atom is 0.224 e. The number of carbonyl (C=O) groups excluding carboxylic acids is 1. The van der Waals surface area contributed by atoms with Crippen LogP contribution in [0.2, 0.25) is 0 Å². The van der Waals surface area contributed by atoms with Gasteiger partial charge in [0.05, 0.1) is 0 Å². The Labute approximate surface area is 166 Å². The van der Waals surface area contributed by atoms with Crippen LogP contribution < -0.4 is 5.32 Å². The number of hydrogen-bond acceptors (Lipinski definition) is 2. The van der Waals surface area contributed by atoms with Crippen molar-refractivity contribution in [2.24, 2.45) is 0 Å². The molecule has 0 aliphatic rings. The highest BCUT2D eigenvalue weighted by molar-refractivity contribution is 5.90. The molecule has 27 heavy (non-hydrogen) atoms. The second-order valence-corrected chi connectivity index (χ2v) is 7.43. The van der Waals surface area contributed by atoms with E-state index in [4.69, 9.17) is 0 Å². The maximum atomic E-state index is 11.8. The van der Waals surface area contributed by atoms with E-state index >= 15 is 0 Å². The van der Waals surface area contributed by atoms with Crippen molar-refractivity contribution in [2.45, 2.75) is 96.8 Å². The molecule has 0 aliphatic carbocycles. The van der Waals surface area contributed by atoms with Gasteiger partial charge in [-0.2, -0.15) is 0 Å². The van der Waals surface area contributed by atoms with E-state index in [-0.39, 0.29) is 11.7 Å². The third-order valence-corrected chi connectivity index (χ3v) is 4.82. The monoisotopic (exact) mass is 373 g/mol. The van der Waals surface area contributed by atoms with E-state index in [1.54, 1.807) is 24.3 Å². The summed E-state index contributed by atoms with van der Waals surface area (Å²) < 4.78 is 0. The molecule has 0 saturated carbocycles. The molecule has 0 unspecified atom stereocenters. The van der Waals surface area contributed by atoms with Gasteiger partial charge < -0.3 is 10.4 Å². The summed E-state index contributed by atoms with van der Waals surface area (Å²) >= 11 is 0. The van der Waals surface area contributed by atoms with Crippen molar-refractivity contribution in [2.75, 3.05) is 5.32 Å². The molecular formula is C24H39NO2. The van der Waals surface area contributed by atoms with Crippen LogP contribution in [0.15, 0.2) is 36.4 Å². The first kappa shape index (κ1) is 23.3. The third kappa shape index (κ3) is 14.0. The number of anilines is 1. The summed E-state index contributed by atoms with van der Waals surface area (Å²) in [6, 6.07) is 6.59. The number of phenolic OH excluding ortho intramolecular Hbond substituents is 1. The van der Waals surface area contributed by atoms with Crippen molar-refractivity contribution >= 4 is 11.6 Å². The summed E-state index contributed by atoms with van der Waals surface area (Å²) in [5.74, 6) is 0.267. The number of rotatable bonds is 16. The summed E-state index contributed by atoms with van der Waals surface area (Å²) in [7, 11) is 0. The lowest BCUT2D eigenvalue weighted by molar-refractivity contribution is -0.116. The molecule has 0 fully saturated rings. The van der Waals surface area contributed by atoms with Crippen LogP contribution in [0.3, 0.4) is 0 Å². The Bertz CT molecular complexity index is 508. The Balaban J connectivity index is 1.86. The zero-order valence-corrected chi connectivity index (χ0v) is 17.2. The van der Waals surface area contributed by atoms with Crippen molar-refractivity contribution < 1.29 is 9.90 Å². The number of unbranched alkanes of at least 4 members (excludes halogenated alkanes) is 11. The average Bonchev–Trinajstić information content (AvgIpc) is 2.66. The minimum absolute atomic E-state index is 0.0540. The molecule has 0 spiro atoms. The van der Waals surface area contributed by atoms with Gasteiger partial charge in [-0.25, -0.2) is 0 Å². The second kappa shape index (κ2) is 16.4. The van der Waals surface area contributed by atoms with Crippen molar-refractivity contribution in [3.8, 4) is 5.75 Å². The lowest BCUT2D eigenvalue weighted by Crippen LogP contribution is -2.10. The number of nitrogens with one attached hydrogen (secondary N) is 1. The first-order valence-corrected chi connectivity index (χ1v) is 11.0. The molecule has 0 saturated heterocycles. The summed E-state index contributed by atoms with van der Waals surface area (Å²) in [5, 5.41) is 12.1. The van der Waals surface area contributed by atoms with Crippen molar-refractivity contribution in [3.05, 3.63) is 36.4 Å². The average molecular weight is 374 g/mol. The maximum absolute atomic E-state index is 11.8. The summed E-state index contributed by atoms with van der Waals surface area (Å²) in [6.07, 6.45) is 21.7. The zero-order chi connectivity index (χ0) is 19.6. The molecule has 1 aromatic rings. The van der Waals surface area contributed by atoms with E-state index in [9.17, 15) is 9.90 Å². The minimum Gasteiger partial charge on any atom is -0.508 e. The number of carbonyl (C=O) groups is 1. The minimum atomic E-state index is 0.0540. The molecular weight excluding hydrogens is 334 g/mol. The lowest BCUT2D eigenvalue weighted by Gasteiger charge is -2.05. The Morgan fingerprint density at radius 2 is 1.33 bits per heavy atom. The van der Waals surface area contributed by atoms with Gasteiger partial charge in [0.1, 0.15) is 5.75 Å². The van der Waals surface area contributed by atoms with Gasteiger partial charge in [0.2, 0.25) is 5.91 Å². The number of phenols is 1. The first-order valence-electron chi connectivity index (χ1n) is 11.0. The van der Waals surface area contributed by atoms with E-state index in [1.807, 2.05) is 0 Å². The molecule has 0 radical (unpaired) electrons. The van der Waals surface area contributed by atoms with Gasteiger partial charge in [-0.15, -0.1) is 0 Å². The molecule has 152 valence electrons. The molecule has 0 aromatic heterocycles. The number of aromatic hydroxyl groups is 1. The quantitative estimate of drug-likeness (QED) is 0.180. The van der Waals surface area contributed by atoms with Gasteiger partial charge >= 0.3 is 0 Å².